The Labute approximate surface area is 342 Å². The summed E-state index contributed by atoms with van der Waals surface area (Å²) in [6.45, 7) is 24.6. The highest BCUT2D eigenvalue weighted by Crippen LogP contribution is 2.39. The lowest BCUT2D eigenvalue weighted by Gasteiger charge is -2.25. The van der Waals surface area contributed by atoms with E-state index >= 15 is 0 Å². The van der Waals surface area contributed by atoms with Crippen LogP contribution in [-0.4, -0.2) is 31.1 Å². The molecule has 1 atom stereocenters. The Balaban J connectivity index is 0.000000239. The van der Waals surface area contributed by atoms with Crippen molar-refractivity contribution in [1.82, 2.24) is 5.32 Å². The Morgan fingerprint density at radius 1 is 0.614 bits per heavy atom. The molecule has 5 aromatic rings. The summed E-state index contributed by atoms with van der Waals surface area (Å²) in [6.07, 6.45) is 0.521. The predicted molar refractivity (Wildman–Crippen MR) is 236 cm³/mol. The van der Waals surface area contributed by atoms with Crippen LogP contribution in [0.2, 0.25) is 0 Å². The highest BCUT2D eigenvalue weighted by atomic mass is 32.2. The SMILES string of the molecule is Cc1cc(Cc2cc(C)cc(C(C)(C)C)c2O)c(O)c(C(C)(C)C)c1.Cc1ccc(NC(=O)NC(C)(C)C)cc1.O=S(Nc1ccc(O)cc1)Oc1ccccc1. The van der Waals surface area contributed by atoms with E-state index in [1.54, 1.807) is 36.4 Å². The first kappa shape index (κ1) is 45.9. The van der Waals surface area contributed by atoms with Crippen molar-refractivity contribution in [3.8, 4) is 23.0 Å². The Morgan fingerprint density at radius 2 is 1.07 bits per heavy atom. The van der Waals surface area contributed by atoms with Crippen LogP contribution in [0.1, 0.15) is 101 Å². The molecule has 0 saturated carbocycles. The molecular weight excluding hydrogens is 735 g/mol. The van der Waals surface area contributed by atoms with Crippen LogP contribution >= 0.6 is 0 Å². The van der Waals surface area contributed by atoms with Gasteiger partial charge in [0, 0.05) is 23.3 Å². The minimum Gasteiger partial charge on any atom is -0.508 e. The number of hydrogen-bond donors (Lipinski definition) is 6. The van der Waals surface area contributed by atoms with Crippen LogP contribution in [0.4, 0.5) is 16.2 Å². The molecule has 10 heteroatoms. The number of carbonyl (C=O) groups excluding carboxylic acids is 1. The number of aryl methyl sites for hydroxylation is 3. The molecule has 0 fully saturated rings. The third kappa shape index (κ3) is 15.5. The normalized spacial score (nSPS) is 11.9. The number of benzene rings is 5. The molecule has 0 bridgehead atoms. The first-order valence-corrected chi connectivity index (χ1v) is 20.0. The Morgan fingerprint density at radius 3 is 1.51 bits per heavy atom. The maximum atomic E-state index is 11.6. The molecule has 2 amide bonds. The van der Waals surface area contributed by atoms with Gasteiger partial charge in [0.25, 0.3) is 0 Å². The summed E-state index contributed by atoms with van der Waals surface area (Å²) < 4.78 is 19.4. The van der Waals surface area contributed by atoms with E-state index in [9.17, 15) is 19.2 Å². The Bertz CT molecular complexity index is 2030. The van der Waals surface area contributed by atoms with Gasteiger partial charge in [0.15, 0.2) is 0 Å². The van der Waals surface area contributed by atoms with Crippen molar-refractivity contribution >= 4 is 28.7 Å². The van der Waals surface area contributed by atoms with Crippen molar-refractivity contribution in [3.63, 3.8) is 0 Å². The lowest BCUT2D eigenvalue weighted by molar-refractivity contribution is 0.244. The fourth-order valence-electron chi connectivity index (χ4n) is 5.68. The molecule has 0 aliphatic rings. The molecule has 0 radical (unpaired) electrons. The van der Waals surface area contributed by atoms with Crippen molar-refractivity contribution in [3.05, 3.63) is 142 Å². The van der Waals surface area contributed by atoms with Gasteiger partial charge in [-0.2, -0.15) is 4.21 Å². The fraction of sp³-hybridized carbons (Fsp3) is 0.340. The van der Waals surface area contributed by atoms with Crippen molar-refractivity contribution in [2.24, 2.45) is 0 Å². The van der Waals surface area contributed by atoms with E-state index in [2.05, 4.69) is 82.9 Å². The third-order valence-corrected chi connectivity index (χ3v) is 9.19. The quantitative estimate of drug-likeness (QED) is 0.0907. The zero-order valence-electron chi connectivity index (χ0n) is 35.5. The number of hydrogen-bond acceptors (Lipinski definition) is 6. The number of nitrogens with one attached hydrogen (secondary N) is 3. The Kier molecular flexibility index (Phi) is 15.8. The predicted octanol–water partition coefficient (Wildman–Crippen LogP) is 11.3. The van der Waals surface area contributed by atoms with Gasteiger partial charge in [0.05, 0.1) is 0 Å². The maximum Gasteiger partial charge on any atom is 0.319 e. The highest BCUT2D eigenvalue weighted by Gasteiger charge is 2.24. The molecule has 5 rings (SSSR count). The molecule has 0 heterocycles. The largest absolute Gasteiger partial charge is 0.508 e. The average Bonchev–Trinajstić information content (AvgIpc) is 3.09. The van der Waals surface area contributed by atoms with Gasteiger partial charge in [-0.25, -0.2) is 4.79 Å². The number of anilines is 2. The lowest BCUT2D eigenvalue weighted by atomic mass is 9.81. The van der Waals surface area contributed by atoms with E-state index in [0.29, 0.717) is 29.4 Å². The van der Waals surface area contributed by atoms with Crippen molar-refractivity contribution in [1.29, 1.82) is 0 Å². The smallest absolute Gasteiger partial charge is 0.319 e. The molecule has 1 unspecified atom stereocenters. The minimum atomic E-state index is -1.66. The lowest BCUT2D eigenvalue weighted by Crippen LogP contribution is -2.43. The van der Waals surface area contributed by atoms with Crippen LogP contribution < -0.4 is 19.5 Å². The molecule has 306 valence electrons. The summed E-state index contributed by atoms with van der Waals surface area (Å²) in [5.74, 6) is 1.37. The molecule has 6 N–H and O–H groups in total. The summed E-state index contributed by atoms with van der Waals surface area (Å²) in [6, 6.07) is 30.8. The number of urea groups is 1. The van der Waals surface area contributed by atoms with Crippen LogP contribution in [0, 0.1) is 20.8 Å². The third-order valence-electron chi connectivity index (χ3n) is 8.44. The van der Waals surface area contributed by atoms with Gasteiger partial charge in [0.1, 0.15) is 23.0 Å². The van der Waals surface area contributed by atoms with Crippen molar-refractivity contribution in [2.75, 3.05) is 10.0 Å². The van der Waals surface area contributed by atoms with E-state index in [-0.39, 0.29) is 28.1 Å². The molecule has 0 aromatic heterocycles. The van der Waals surface area contributed by atoms with Gasteiger partial charge < -0.3 is 30.1 Å². The van der Waals surface area contributed by atoms with Gasteiger partial charge in [0.2, 0.25) is 0 Å². The number of rotatable bonds is 7. The molecule has 0 saturated heterocycles. The van der Waals surface area contributed by atoms with E-state index in [4.69, 9.17) is 9.29 Å². The standard InChI is InChI=1S/C23H32O2.C12H18N2O.C12H11NO3S/c1-14-9-16(20(24)18(11-14)22(3,4)5)13-17-10-15(2)12-19(21(17)25)23(6,7)8;1-9-5-7-10(8-6-9)13-11(15)14-12(2,3)4;14-11-8-6-10(7-9-11)13-17(15)16-12-4-2-1-3-5-12/h9-12,24-25H,13H2,1-8H3;5-8H,1-4H3,(H2,13,14,15);1-9,13-14H. The van der Waals surface area contributed by atoms with Crippen molar-refractivity contribution < 1.29 is 28.5 Å². The number of phenols is 3. The first-order valence-electron chi connectivity index (χ1n) is 18.9. The van der Waals surface area contributed by atoms with Crippen LogP contribution in [0.5, 0.6) is 23.0 Å². The molecule has 9 nitrogen and oxygen atoms in total. The van der Waals surface area contributed by atoms with Crippen LogP contribution in [0.15, 0.2) is 103 Å². The van der Waals surface area contributed by atoms with E-state index < -0.39 is 11.3 Å². The topological polar surface area (TPSA) is 140 Å². The van der Waals surface area contributed by atoms with E-state index in [1.807, 2.05) is 70.2 Å². The van der Waals surface area contributed by atoms with E-state index in [1.165, 1.54) is 17.7 Å². The first-order chi connectivity index (χ1) is 26.4. The monoisotopic (exact) mass is 795 g/mol. The minimum absolute atomic E-state index is 0.129. The average molecular weight is 796 g/mol. The summed E-state index contributed by atoms with van der Waals surface area (Å²) in [5, 5.41) is 36.3. The zero-order valence-corrected chi connectivity index (χ0v) is 36.3. The molecule has 0 spiro atoms. The maximum absolute atomic E-state index is 11.6. The van der Waals surface area contributed by atoms with Crippen LogP contribution in [0.3, 0.4) is 0 Å². The summed E-state index contributed by atoms with van der Waals surface area (Å²) in [5.41, 5.74) is 8.01. The number of aromatic hydroxyl groups is 3. The number of para-hydroxylation sites is 1. The number of amides is 2. The fourth-order valence-corrected chi connectivity index (χ4v) is 6.33. The molecule has 57 heavy (non-hydrogen) atoms. The number of phenolic OH excluding ortho intramolecular Hbond substituents is 3. The summed E-state index contributed by atoms with van der Waals surface area (Å²) in [7, 11) is 0. The van der Waals surface area contributed by atoms with E-state index in [0.717, 1.165) is 39.1 Å². The molecule has 5 aromatic carbocycles. The van der Waals surface area contributed by atoms with Crippen LogP contribution in [-0.2, 0) is 28.5 Å². The van der Waals surface area contributed by atoms with Gasteiger partial charge >= 0.3 is 17.3 Å². The number of carbonyl (C=O) groups is 1. The van der Waals surface area contributed by atoms with Crippen LogP contribution in [0.25, 0.3) is 0 Å². The second-order valence-corrected chi connectivity index (χ2v) is 18.1. The second kappa shape index (κ2) is 19.6. The molecule has 0 aliphatic carbocycles. The summed E-state index contributed by atoms with van der Waals surface area (Å²) >= 11 is -1.66. The van der Waals surface area contributed by atoms with Gasteiger partial charge in [-0.1, -0.05) is 113 Å². The Hall–Kier alpha value is -5.48. The van der Waals surface area contributed by atoms with Crippen molar-refractivity contribution in [2.45, 2.75) is 106 Å². The molecule has 0 aliphatic heterocycles. The van der Waals surface area contributed by atoms with Gasteiger partial charge in [-0.3, -0.25) is 4.72 Å². The highest BCUT2D eigenvalue weighted by molar-refractivity contribution is 7.81. The van der Waals surface area contributed by atoms with Gasteiger partial charge in [-0.05, 0) is 123 Å². The zero-order chi connectivity index (χ0) is 42.7. The molecular formula is C47H61N3O6S. The van der Waals surface area contributed by atoms with Gasteiger partial charge in [-0.15, -0.1) is 0 Å². The second-order valence-electron chi connectivity index (χ2n) is 17.3. The summed E-state index contributed by atoms with van der Waals surface area (Å²) in [4.78, 5) is 11.5.